The van der Waals surface area contributed by atoms with E-state index in [0.717, 1.165) is 6.54 Å². The van der Waals surface area contributed by atoms with Crippen LogP contribution in [0.25, 0.3) is 0 Å². The first-order valence-corrected chi connectivity index (χ1v) is 5.61. The fourth-order valence-electron chi connectivity index (χ4n) is 2.12. The summed E-state index contributed by atoms with van der Waals surface area (Å²) in [4.78, 5) is 13.2. The molecule has 0 fully saturated rings. The van der Waals surface area contributed by atoms with Gasteiger partial charge in [-0.25, -0.2) is 4.79 Å². The summed E-state index contributed by atoms with van der Waals surface area (Å²) in [5.41, 5.74) is 0.943. The van der Waals surface area contributed by atoms with Crippen LogP contribution in [0.4, 0.5) is 5.82 Å². The largest absolute Gasteiger partial charge is 0.477 e. The Kier molecular flexibility index (Phi) is 3.50. The fourth-order valence-corrected chi connectivity index (χ4v) is 2.12. The van der Waals surface area contributed by atoms with Crippen LogP contribution in [0.1, 0.15) is 36.8 Å². The molecule has 0 bridgehead atoms. The van der Waals surface area contributed by atoms with Gasteiger partial charge in [0.2, 0.25) is 0 Å². The molecule has 0 unspecified atom stereocenters. The molecule has 5 nitrogen and oxygen atoms in total. The molecular formula is C12H21N3O2. The van der Waals surface area contributed by atoms with Gasteiger partial charge in [-0.15, -0.1) is 0 Å². The zero-order valence-electron chi connectivity index (χ0n) is 11.4. The lowest BCUT2D eigenvalue weighted by Crippen LogP contribution is -2.31. The summed E-state index contributed by atoms with van der Waals surface area (Å²) in [6.45, 7) is 8.84. The molecule has 0 aliphatic heterocycles. The van der Waals surface area contributed by atoms with Crippen molar-refractivity contribution >= 4 is 11.8 Å². The van der Waals surface area contributed by atoms with Crippen LogP contribution in [-0.2, 0) is 7.05 Å². The maximum absolute atomic E-state index is 11.2. The Morgan fingerprint density at radius 1 is 1.47 bits per heavy atom. The highest BCUT2D eigenvalue weighted by Crippen LogP contribution is 2.25. The number of hydrogen-bond donors (Lipinski definition) is 1. The number of carboxylic acids is 1. The average Bonchev–Trinajstić information content (AvgIpc) is 2.37. The van der Waals surface area contributed by atoms with Gasteiger partial charge in [0.05, 0.1) is 5.69 Å². The van der Waals surface area contributed by atoms with Gasteiger partial charge in [0.15, 0.2) is 0 Å². The lowest BCUT2D eigenvalue weighted by atomic mass is 9.96. The van der Waals surface area contributed by atoms with Crippen molar-refractivity contribution in [2.75, 3.05) is 18.5 Å². The standard InChI is InChI=1S/C12H21N3O2/c1-8-9(11(16)17)10(15(6)13-8)14(5)7-12(2,3)4/h7H2,1-6H3,(H,16,17). The lowest BCUT2D eigenvalue weighted by molar-refractivity contribution is 0.0696. The van der Waals surface area contributed by atoms with Crippen LogP contribution < -0.4 is 4.90 Å². The van der Waals surface area contributed by atoms with Crippen molar-refractivity contribution < 1.29 is 9.90 Å². The number of aryl methyl sites for hydroxylation is 2. The molecule has 0 radical (unpaired) electrons. The average molecular weight is 239 g/mol. The highest BCUT2D eigenvalue weighted by atomic mass is 16.4. The number of hydrogen-bond acceptors (Lipinski definition) is 3. The molecule has 0 aromatic carbocycles. The van der Waals surface area contributed by atoms with Crippen LogP contribution in [0.15, 0.2) is 0 Å². The maximum atomic E-state index is 11.2. The summed E-state index contributed by atoms with van der Waals surface area (Å²) in [6.07, 6.45) is 0. The zero-order valence-corrected chi connectivity index (χ0v) is 11.4. The third-order valence-corrected chi connectivity index (χ3v) is 2.48. The molecule has 96 valence electrons. The molecule has 0 aliphatic carbocycles. The first-order valence-electron chi connectivity index (χ1n) is 5.61. The predicted molar refractivity (Wildman–Crippen MR) is 67.6 cm³/mol. The van der Waals surface area contributed by atoms with Crippen LogP contribution in [0.3, 0.4) is 0 Å². The number of aromatic carboxylic acids is 1. The van der Waals surface area contributed by atoms with Gasteiger partial charge < -0.3 is 10.0 Å². The van der Waals surface area contributed by atoms with E-state index in [0.29, 0.717) is 17.1 Å². The second-order valence-electron chi connectivity index (χ2n) is 5.63. The first-order chi connectivity index (χ1) is 7.63. The maximum Gasteiger partial charge on any atom is 0.341 e. The third kappa shape index (κ3) is 2.99. The fraction of sp³-hybridized carbons (Fsp3) is 0.667. The van der Waals surface area contributed by atoms with Gasteiger partial charge in [-0.2, -0.15) is 5.10 Å². The molecule has 1 aromatic rings. The van der Waals surface area contributed by atoms with Gasteiger partial charge in [-0.3, -0.25) is 4.68 Å². The number of carbonyl (C=O) groups is 1. The highest BCUT2D eigenvalue weighted by Gasteiger charge is 2.24. The van der Waals surface area contributed by atoms with Crippen LogP contribution in [0.5, 0.6) is 0 Å². The molecule has 17 heavy (non-hydrogen) atoms. The number of anilines is 1. The number of rotatable bonds is 3. The van der Waals surface area contributed by atoms with E-state index in [9.17, 15) is 9.90 Å². The summed E-state index contributed by atoms with van der Waals surface area (Å²) in [5.74, 6) is -0.267. The van der Waals surface area contributed by atoms with Crippen LogP contribution in [0, 0.1) is 12.3 Å². The van der Waals surface area contributed by atoms with Crippen molar-refractivity contribution in [2.24, 2.45) is 12.5 Å². The molecule has 0 aliphatic rings. The van der Waals surface area contributed by atoms with E-state index >= 15 is 0 Å². The molecule has 0 atom stereocenters. The van der Waals surface area contributed by atoms with Crippen molar-refractivity contribution in [1.82, 2.24) is 9.78 Å². The Labute approximate surface area is 102 Å². The summed E-state index contributed by atoms with van der Waals surface area (Å²) in [5, 5.41) is 13.4. The predicted octanol–water partition coefficient (Wildman–Crippen LogP) is 1.91. The van der Waals surface area contributed by atoms with Crippen molar-refractivity contribution in [3.63, 3.8) is 0 Å². The van der Waals surface area contributed by atoms with Crippen LogP contribution in [0.2, 0.25) is 0 Å². The molecule has 0 spiro atoms. The van der Waals surface area contributed by atoms with Gasteiger partial charge in [0.1, 0.15) is 11.4 Å². The molecule has 1 heterocycles. The quantitative estimate of drug-likeness (QED) is 0.875. The van der Waals surface area contributed by atoms with E-state index in [4.69, 9.17) is 0 Å². The minimum atomic E-state index is -0.925. The smallest absolute Gasteiger partial charge is 0.341 e. The van der Waals surface area contributed by atoms with E-state index in [1.165, 1.54) is 0 Å². The van der Waals surface area contributed by atoms with Crippen molar-refractivity contribution in [2.45, 2.75) is 27.7 Å². The molecule has 0 amide bonds. The van der Waals surface area contributed by atoms with Crippen molar-refractivity contribution in [1.29, 1.82) is 0 Å². The first kappa shape index (κ1) is 13.5. The SMILES string of the molecule is Cc1nn(C)c(N(C)CC(C)(C)C)c1C(=O)O. The van der Waals surface area contributed by atoms with Crippen molar-refractivity contribution in [3.8, 4) is 0 Å². The monoisotopic (exact) mass is 239 g/mol. The second-order valence-corrected chi connectivity index (χ2v) is 5.63. The highest BCUT2D eigenvalue weighted by molar-refractivity contribution is 5.94. The van der Waals surface area contributed by atoms with E-state index in [2.05, 4.69) is 25.9 Å². The molecule has 1 aromatic heterocycles. The van der Waals surface area contributed by atoms with Crippen LogP contribution in [-0.4, -0.2) is 34.4 Å². The Hall–Kier alpha value is -1.52. The molecule has 1 rings (SSSR count). The van der Waals surface area contributed by atoms with Gasteiger partial charge >= 0.3 is 5.97 Å². The molecule has 5 heteroatoms. The minimum Gasteiger partial charge on any atom is -0.477 e. The van der Waals surface area contributed by atoms with E-state index < -0.39 is 5.97 Å². The molecule has 0 saturated carbocycles. The zero-order chi connectivity index (χ0) is 13.4. The summed E-state index contributed by atoms with van der Waals surface area (Å²) in [7, 11) is 3.67. The summed E-state index contributed by atoms with van der Waals surface area (Å²) >= 11 is 0. The Morgan fingerprint density at radius 2 is 2.00 bits per heavy atom. The van der Waals surface area contributed by atoms with E-state index in [1.807, 2.05) is 11.9 Å². The van der Waals surface area contributed by atoms with Crippen LogP contribution >= 0.6 is 0 Å². The Balaban J connectivity index is 3.17. The van der Waals surface area contributed by atoms with Crippen molar-refractivity contribution in [3.05, 3.63) is 11.3 Å². The van der Waals surface area contributed by atoms with E-state index in [-0.39, 0.29) is 5.41 Å². The summed E-state index contributed by atoms with van der Waals surface area (Å²) < 4.78 is 1.63. The van der Waals surface area contributed by atoms with Gasteiger partial charge in [0.25, 0.3) is 0 Å². The second kappa shape index (κ2) is 4.39. The van der Waals surface area contributed by atoms with Gasteiger partial charge in [-0.05, 0) is 12.3 Å². The number of aromatic nitrogens is 2. The van der Waals surface area contributed by atoms with Gasteiger partial charge in [0, 0.05) is 20.6 Å². The molecule has 0 saturated heterocycles. The Morgan fingerprint density at radius 3 is 2.41 bits per heavy atom. The van der Waals surface area contributed by atoms with Gasteiger partial charge in [-0.1, -0.05) is 20.8 Å². The summed E-state index contributed by atoms with van der Waals surface area (Å²) in [6, 6.07) is 0. The molecule has 1 N–H and O–H groups in total. The topological polar surface area (TPSA) is 58.4 Å². The third-order valence-electron chi connectivity index (χ3n) is 2.48. The number of carboxylic acid groups (broad SMARTS) is 1. The normalized spacial score (nSPS) is 11.6. The Bertz CT molecular complexity index is 430. The number of nitrogens with zero attached hydrogens (tertiary/aromatic N) is 3. The lowest BCUT2D eigenvalue weighted by Gasteiger charge is -2.28. The molecular weight excluding hydrogens is 218 g/mol. The van der Waals surface area contributed by atoms with E-state index in [1.54, 1.807) is 18.7 Å². The minimum absolute atomic E-state index is 0.0999.